The number of aliphatic hydroxyl groups is 1. The van der Waals surface area contributed by atoms with Crippen LogP contribution in [0.1, 0.15) is 18.4 Å². The van der Waals surface area contributed by atoms with Gasteiger partial charge in [-0.15, -0.1) is 0 Å². The molecule has 2 rings (SSSR count). The molecule has 0 unspecified atom stereocenters. The molecule has 1 aliphatic heterocycles. The normalized spacial score (nSPS) is 22.2. The van der Waals surface area contributed by atoms with Crippen LogP contribution in [0.4, 0.5) is 5.69 Å². The number of anilines is 1. The molecule has 1 aromatic carbocycles. The number of nitrogens with one attached hydrogen (secondary N) is 1. The zero-order valence-electron chi connectivity index (χ0n) is 7.42. The van der Waals surface area contributed by atoms with Gasteiger partial charge in [-0.2, -0.15) is 0 Å². The fourth-order valence-electron chi connectivity index (χ4n) is 1.77. The summed E-state index contributed by atoms with van der Waals surface area (Å²) in [6, 6.07) is 6.13. The molecule has 2 nitrogen and oxygen atoms in total. The van der Waals surface area contributed by atoms with Crippen molar-refractivity contribution in [2.75, 3.05) is 11.9 Å². The van der Waals surface area contributed by atoms with Crippen LogP contribution in [0.3, 0.4) is 0 Å². The van der Waals surface area contributed by atoms with Gasteiger partial charge in [0.2, 0.25) is 0 Å². The van der Waals surface area contributed by atoms with Crippen molar-refractivity contribution in [1.82, 2.24) is 0 Å². The van der Waals surface area contributed by atoms with Crippen LogP contribution >= 0.6 is 15.9 Å². The second-order valence-electron chi connectivity index (χ2n) is 3.46. The lowest BCUT2D eigenvalue weighted by molar-refractivity contribution is 0.169. The van der Waals surface area contributed by atoms with E-state index in [0.29, 0.717) is 0 Å². The van der Waals surface area contributed by atoms with Gasteiger partial charge in [0.05, 0.1) is 6.10 Å². The number of benzene rings is 1. The Labute approximate surface area is 86.1 Å². The van der Waals surface area contributed by atoms with E-state index in [4.69, 9.17) is 0 Å². The number of hydrogen-bond acceptors (Lipinski definition) is 2. The van der Waals surface area contributed by atoms with Gasteiger partial charge in [0.1, 0.15) is 0 Å². The summed E-state index contributed by atoms with van der Waals surface area (Å²) in [5.41, 5.74) is 2.36. The summed E-state index contributed by atoms with van der Waals surface area (Å²) in [6.07, 6.45) is -0.282. The van der Waals surface area contributed by atoms with Crippen LogP contribution in [0, 0.1) is 0 Å². The first-order chi connectivity index (χ1) is 6.18. The summed E-state index contributed by atoms with van der Waals surface area (Å²) >= 11 is 3.42. The second kappa shape index (κ2) is 3.31. The van der Waals surface area contributed by atoms with Crippen molar-refractivity contribution in [2.24, 2.45) is 0 Å². The predicted octanol–water partition coefficient (Wildman–Crippen LogP) is 2.34. The number of fused-ring (bicyclic) bond motifs is 1. The third-order valence-corrected chi connectivity index (χ3v) is 3.00. The van der Waals surface area contributed by atoms with E-state index in [1.165, 1.54) is 5.56 Å². The minimum Gasteiger partial charge on any atom is -0.393 e. The number of hydrogen-bond donors (Lipinski definition) is 2. The SMILES string of the molecule is C[C@H](O)[C@@H]1CNc2cc(Br)ccc21. The molecule has 13 heavy (non-hydrogen) atoms. The molecule has 3 heteroatoms. The van der Waals surface area contributed by atoms with Crippen molar-refractivity contribution in [2.45, 2.75) is 18.9 Å². The van der Waals surface area contributed by atoms with E-state index in [9.17, 15) is 5.11 Å². The average molecular weight is 242 g/mol. The average Bonchev–Trinajstić information content (AvgIpc) is 2.46. The van der Waals surface area contributed by atoms with E-state index >= 15 is 0 Å². The van der Waals surface area contributed by atoms with E-state index in [2.05, 4.69) is 33.4 Å². The maximum Gasteiger partial charge on any atom is 0.0598 e. The Morgan fingerprint density at radius 1 is 1.62 bits per heavy atom. The number of rotatable bonds is 1. The first-order valence-electron chi connectivity index (χ1n) is 4.40. The molecule has 0 spiro atoms. The van der Waals surface area contributed by atoms with Gasteiger partial charge in [-0.05, 0) is 24.6 Å². The van der Waals surface area contributed by atoms with E-state index in [-0.39, 0.29) is 12.0 Å². The smallest absolute Gasteiger partial charge is 0.0598 e. The van der Waals surface area contributed by atoms with Crippen LogP contribution in [0.5, 0.6) is 0 Å². The quantitative estimate of drug-likeness (QED) is 0.792. The minimum atomic E-state index is -0.282. The Bertz CT molecular complexity index is 325. The van der Waals surface area contributed by atoms with Crippen LogP contribution in [0.2, 0.25) is 0 Å². The molecule has 0 radical (unpaired) electrons. The molecule has 0 saturated carbocycles. The fourth-order valence-corrected chi connectivity index (χ4v) is 2.13. The zero-order valence-corrected chi connectivity index (χ0v) is 9.01. The summed E-state index contributed by atoms with van der Waals surface area (Å²) in [5, 5.41) is 12.8. The Morgan fingerprint density at radius 2 is 2.38 bits per heavy atom. The topological polar surface area (TPSA) is 32.3 Å². The third kappa shape index (κ3) is 1.58. The maximum atomic E-state index is 9.52. The highest BCUT2D eigenvalue weighted by molar-refractivity contribution is 9.10. The largest absolute Gasteiger partial charge is 0.393 e. The van der Waals surface area contributed by atoms with Gasteiger partial charge in [0.25, 0.3) is 0 Å². The molecule has 0 bridgehead atoms. The van der Waals surface area contributed by atoms with Crippen LogP contribution in [-0.2, 0) is 0 Å². The zero-order chi connectivity index (χ0) is 9.42. The predicted molar refractivity (Wildman–Crippen MR) is 57.1 cm³/mol. The first-order valence-corrected chi connectivity index (χ1v) is 5.19. The lowest BCUT2D eigenvalue weighted by Crippen LogP contribution is -2.16. The van der Waals surface area contributed by atoms with Crippen molar-refractivity contribution < 1.29 is 5.11 Å². The minimum absolute atomic E-state index is 0.239. The number of aliphatic hydroxyl groups excluding tert-OH is 1. The van der Waals surface area contributed by atoms with Gasteiger partial charge in [-0.1, -0.05) is 22.0 Å². The molecule has 70 valence electrons. The molecule has 0 aromatic heterocycles. The monoisotopic (exact) mass is 241 g/mol. The third-order valence-electron chi connectivity index (χ3n) is 2.51. The van der Waals surface area contributed by atoms with E-state index in [0.717, 1.165) is 16.7 Å². The number of halogens is 1. The Morgan fingerprint density at radius 3 is 3.08 bits per heavy atom. The van der Waals surface area contributed by atoms with Crippen molar-refractivity contribution in [3.05, 3.63) is 28.2 Å². The summed E-state index contributed by atoms with van der Waals surface area (Å²) in [5.74, 6) is 0.239. The Hall–Kier alpha value is -0.540. The van der Waals surface area contributed by atoms with Crippen molar-refractivity contribution in [1.29, 1.82) is 0 Å². The maximum absolute atomic E-state index is 9.52. The Balaban J connectivity index is 2.38. The molecule has 1 aliphatic rings. The van der Waals surface area contributed by atoms with Crippen LogP contribution in [0.15, 0.2) is 22.7 Å². The Kier molecular flexibility index (Phi) is 2.30. The van der Waals surface area contributed by atoms with Gasteiger partial charge in [0, 0.05) is 22.6 Å². The van der Waals surface area contributed by atoms with Crippen molar-refractivity contribution in [3.8, 4) is 0 Å². The standard InChI is InChI=1S/C10H12BrNO/c1-6(13)9-5-12-10-4-7(11)2-3-8(9)10/h2-4,6,9,12-13H,5H2,1H3/t6-,9-/m0/s1. The molecule has 0 saturated heterocycles. The lowest BCUT2D eigenvalue weighted by Gasteiger charge is -2.12. The summed E-state index contributed by atoms with van der Waals surface area (Å²) in [4.78, 5) is 0. The molecular weight excluding hydrogens is 230 g/mol. The van der Waals surface area contributed by atoms with Crippen LogP contribution in [-0.4, -0.2) is 17.8 Å². The molecule has 0 amide bonds. The first kappa shape index (κ1) is 9.03. The van der Waals surface area contributed by atoms with E-state index in [1.807, 2.05) is 13.0 Å². The van der Waals surface area contributed by atoms with Gasteiger partial charge in [0.15, 0.2) is 0 Å². The van der Waals surface area contributed by atoms with Crippen molar-refractivity contribution >= 4 is 21.6 Å². The summed E-state index contributed by atoms with van der Waals surface area (Å²) in [7, 11) is 0. The van der Waals surface area contributed by atoms with Crippen LogP contribution < -0.4 is 5.32 Å². The molecular formula is C10H12BrNO. The molecule has 1 heterocycles. The van der Waals surface area contributed by atoms with Gasteiger partial charge in [-0.3, -0.25) is 0 Å². The fraction of sp³-hybridized carbons (Fsp3) is 0.400. The molecule has 0 aliphatic carbocycles. The molecule has 1 aromatic rings. The molecule has 0 fully saturated rings. The van der Waals surface area contributed by atoms with Gasteiger partial charge < -0.3 is 10.4 Å². The second-order valence-corrected chi connectivity index (χ2v) is 4.38. The molecule has 2 atom stereocenters. The highest BCUT2D eigenvalue weighted by atomic mass is 79.9. The van der Waals surface area contributed by atoms with E-state index < -0.39 is 0 Å². The summed E-state index contributed by atoms with van der Waals surface area (Å²) < 4.78 is 1.07. The molecule has 2 N–H and O–H groups in total. The highest BCUT2D eigenvalue weighted by Gasteiger charge is 2.25. The highest BCUT2D eigenvalue weighted by Crippen LogP contribution is 2.35. The van der Waals surface area contributed by atoms with Gasteiger partial charge >= 0.3 is 0 Å². The van der Waals surface area contributed by atoms with Crippen molar-refractivity contribution in [3.63, 3.8) is 0 Å². The van der Waals surface area contributed by atoms with Crippen LogP contribution in [0.25, 0.3) is 0 Å². The van der Waals surface area contributed by atoms with E-state index in [1.54, 1.807) is 0 Å². The van der Waals surface area contributed by atoms with Gasteiger partial charge in [-0.25, -0.2) is 0 Å². The summed E-state index contributed by atoms with van der Waals surface area (Å²) in [6.45, 7) is 2.67. The lowest BCUT2D eigenvalue weighted by atomic mass is 9.97.